The quantitative estimate of drug-likeness (QED) is 0.305. The average Bonchev–Trinajstić information content (AvgIpc) is 3.32. The zero-order valence-corrected chi connectivity index (χ0v) is 22.3. The van der Waals surface area contributed by atoms with E-state index in [0.29, 0.717) is 26.3 Å². The minimum atomic E-state index is -0.502. The molecule has 0 bridgehead atoms. The van der Waals surface area contributed by atoms with Crippen LogP contribution in [0.5, 0.6) is 11.5 Å². The number of para-hydroxylation sites is 1. The maximum Gasteiger partial charge on any atom is 0.410 e. The normalized spacial score (nSPS) is 14.7. The highest BCUT2D eigenvalue weighted by Crippen LogP contribution is 2.30. The van der Waals surface area contributed by atoms with Gasteiger partial charge in [0, 0.05) is 50.7 Å². The van der Waals surface area contributed by atoms with Gasteiger partial charge in [0.15, 0.2) is 0 Å². The van der Waals surface area contributed by atoms with Crippen LogP contribution in [0.15, 0.2) is 54.9 Å². The summed E-state index contributed by atoms with van der Waals surface area (Å²) in [5.74, 6) is 1.48. The molecule has 0 saturated carbocycles. The molecule has 3 aromatic heterocycles. The number of rotatable bonds is 7. The summed E-state index contributed by atoms with van der Waals surface area (Å²) in [7, 11) is 1.65. The third-order valence-electron chi connectivity index (χ3n) is 6.37. The number of ether oxygens (including phenoxy) is 4. The molecule has 1 aliphatic heterocycles. The van der Waals surface area contributed by atoms with Gasteiger partial charge in [0.1, 0.15) is 41.0 Å². The van der Waals surface area contributed by atoms with Gasteiger partial charge in [-0.2, -0.15) is 0 Å². The van der Waals surface area contributed by atoms with Crippen molar-refractivity contribution in [3.8, 4) is 22.9 Å². The van der Waals surface area contributed by atoms with Crippen LogP contribution in [0, 0.1) is 0 Å². The van der Waals surface area contributed by atoms with Crippen LogP contribution in [0.3, 0.4) is 0 Å². The Kier molecular flexibility index (Phi) is 7.37. The van der Waals surface area contributed by atoms with Crippen LogP contribution in [-0.4, -0.2) is 70.5 Å². The summed E-state index contributed by atoms with van der Waals surface area (Å²) in [5.41, 5.74) is 2.75. The van der Waals surface area contributed by atoms with E-state index in [4.69, 9.17) is 23.9 Å². The van der Waals surface area contributed by atoms with Gasteiger partial charge in [0.05, 0.1) is 24.2 Å². The lowest BCUT2D eigenvalue weighted by Crippen LogP contribution is -2.44. The van der Waals surface area contributed by atoms with Crippen molar-refractivity contribution in [2.24, 2.45) is 0 Å². The molecule has 200 valence electrons. The van der Waals surface area contributed by atoms with E-state index in [2.05, 4.69) is 11.1 Å². The number of hydrogen-bond acceptors (Lipinski definition) is 7. The third-order valence-corrected chi connectivity index (χ3v) is 6.37. The summed E-state index contributed by atoms with van der Waals surface area (Å²) < 4.78 is 24.7. The number of nitrogens with zero attached hydrogens (tertiary/aromatic N) is 4. The van der Waals surface area contributed by atoms with Crippen molar-refractivity contribution in [3.05, 3.63) is 54.9 Å². The molecular weight excluding hydrogens is 484 g/mol. The summed E-state index contributed by atoms with van der Waals surface area (Å²) in [6.45, 7) is 7.85. The first-order valence-corrected chi connectivity index (χ1v) is 12.9. The summed E-state index contributed by atoms with van der Waals surface area (Å²) in [6.07, 6.45) is 4.95. The van der Waals surface area contributed by atoms with Crippen molar-refractivity contribution < 1.29 is 23.7 Å². The van der Waals surface area contributed by atoms with E-state index in [0.717, 1.165) is 52.3 Å². The number of pyridine rings is 2. The van der Waals surface area contributed by atoms with Crippen LogP contribution < -0.4 is 9.47 Å². The number of fused-ring (bicyclic) bond motifs is 2. The molecule has 0 aliphatic carbocycles. The molecule has 4 aromatic rings. The minimum absolute atomic E-state index is 0.00271. The lowest BCUT2D eigenvalue weighted by atomic mass is 10.1. The zero-order valence-electron chi connectivity index (χ0n) is 22.3. The maximum atomic E-state index is 12.4. The van der Waals surface area contributed by atoms with E-state index in [1.807, 2.05) is 74.0 Å². The summed E-state index contributed by atoms with van der Waals surface area (Å²) >= 11 is 0. The number of methoxy groups -OCH3 is 1. The Morgan fingerprint density at radius 1 is 1.08 bits per heavy atom. The predicted octanol–water partition coefficient (Wildman–Crippen LogP) is 5.35. The molecule has 0 unspecified atom stereocenters. The van der Waals surface area contributed by atoms with Gasteiger partial charge in [-0.25, -0.2) is 14.8 Å². The number of amides is 1. The Balaban J connectivity index is 1.33. The van der Waals surface area contributed by atoms with Crippen LogP contribution >= 0.6 is 0 Å². The van der Waals surface area contributed by atoms with Crippen LogP contribution in [0.2, 0.25) is 0 Å². The van der Waals surface area contributed by atoms with Crippen molar-refractivity contribution in [2.75, 3.05) is 33.4 Å². The highest BCUT2D eigenvalue weighted by molar-refractivity contribution is 5.86. The summed E-state index contributed by atoms with van der Waals surface area (Å²) in [4.78, 5) is 23.7. The van der Waals surface area contributed by atoms with Crippen molar-refractivity contribution >= 4 is 22.6 Å². The maximum absolute atomic E-state index is 12.4. The predicted molar refractivity (Wildman–Crippen MR) is 145 cm³/mol. The van der Waals surface area contributed by atoms with Crippen LogP contribution in [0.25, 0.3) is 27.9 Å². The van der Waals surface area contributed by atoms with Gasteiger partial charge < -0.3 is 23.8 Å². The third kappa shape index (κ3) is 5.83. The molecule has 5 rings (SSSR count). The van der Waals surface area contributed by atoms with E-state index in [9.17, 15) is 4.79 Å². The molecule has 0 radical (unpaired) electrons. The second-order valence-electron chi connectivity index (χ2n) is 10.4. The average molecular weight is 519 g/mol. The Bertz CT molecular complexity index is 1420. The Morgan fingerprint density at radius 3 is 2.66 bits per heavy atom. The monoisotopic (exact) mass is 518 g/mol. The fraction of sp³-hybridized carbons (Fsp3) is 0.414. The Morgan fingerprint density at radius 2 is 1.89 bits per heavy atom. The van der Waals surface area contributed by atoms with Crippen molar-refractivity contribution in [1.29, 1.82) is 0 Å². The van der Waals surface area contributed by atoms with Gasteiger partial charge in [-0.05, 0) is 39.0 Å². The first kappa shape index (κ1) is 25.8. The molecule has 0 spiro atoms. The molecule has 0 N–H and O–H groups in total. The fourth-order valence-electron chi connectivity index (χ4n) is 4.50. The van der Waals surface area contributed by atoms with Crippen LogP contribution in [-0.2, 0) is 9.47 Å². The van der Waals surface area contributed by atoms with Crippen molar-refractivity contribution in [1.82, 2.24) is 19.3 Å². The van der Waals surface area contributed by atoms with E-state index in [1.54, 1.807) is 12.0 Å². The lowest BCUT2D eigenvalue weighted by Gasteiger charge is -2.33. The van der Waals surface area contributed by atoms with Crippen molar-refractivity contribution in [2.45, 2.75) is 45.3 Å². The number of piperidine rings is 1. The Labute approximate surface area is 222 Å². The van der Waals surface area contributed by atoms with E-state index in [1.165, 1.54) is 0 Å². The standard InChI is InChI=1S/C29H34N4O5/c1-29(2,3)38-28(34)32-13-10-21(11-14-32)37-25-7-5-6-20-8-9-23(31-27(20)25)24-19-30-26-18-22(12-15-33(24)26)36-17-16-35-4/h5-9,12,15,18-19,21H,10-11,13-14,16-17H2,1-4H3. The van der Waals surface area contributed by atoms with Gasteiger partial charge in [0.25, 0.3) is 0 Å². The number of imidazole rings is 1. The molecule has 1 aromatic carbocycles. The highest BCUT2D eigenvalue weighted by Gasteiger charge is 2.28. The molecule has 9 heteroatoms. The topological polar surface area (TPSA) is 87.4 Å². The summed E-state index contributed by atoms with van der Waals surface area (Å²) in [6, 6.07) is 13.8. The molecule has 1 fully saturated rings. The first-order valence-electron chi connectivity index (χ1n) is 12.9. The smallest absolute Gasteiger partial charge is 0.410 e. The van der Waals surface area contributed by atoms with Gasteiger partial charge in [-0.1, -0.05) is 18.2 Å². The zero-order chi connectivity index (χ0) is 26.7. The molecular formula is C29H34N4O5. The second kappa shape index (κ2) is 10.9. The number of carbonyl (C=O) groups is 1. The molecule has 0 atom stereocenters. The fourth-order valence-corrected chi connectivity index (χ4v) is 4.50. The van der Waals surface area contributed by atoms with E-state index < -0.39 is 5.60 Å². The van der Waals surface area contributed by atoms with Gasteiger partial charge in [-0.15, -0.1) is 0 Å². The molecule has 38 heavy (non-hydrogen) atoms. The highest BCUT2D eigenvalue weighted by atomic mass is 16.6. The SMILES string of the molecule is COCCOc1ccn2c(-c3ccc4cccc(OC5CCN(C(=O)OC(C)(C)C)CC5)c4n3)cnc2c1. The Hall–Kier alpha value is -3.85. The van der Waals surface area contributed by atoms with Crippen LogP contribution in [0.1, 0.15) is 33.6 Å². The number of carbonyl (C=O) groups excluding carboxylic acids is 1. The largest absolute Gasteiger partial charge is 0.491 e. The number of aromatic nitrogens is 3. The number of hydrogen-bond donors (Lipinski definition) is 0. The minimum Gasteiger partial charge on any atom is -0.491 e. The van der Waals surface area contributed by atoms with Gasteiger partial charge in [0.2, 0.25) is 0 Å². The summed E-state index contributed by atoms with van der Waals surface area (Å²) in [5, 5.41) is 1.00. The molecule has 4 heterocycles. The van der Waals surface area contributed by atoms with E-state index in [-0.39, 0.29) is 12.2 Å². The number of likely N-dealkylation sites (tertiary alicyclic amines) is 1. The van der Waals surface area contributed by atoms with Crippen molar-refractivity contribution in [3.63, 3.8) is 0 Å². The second-order valence-corrected chi connectivity index (χ2v) is 10.4. The molecule has 1 amide bonds. The molecule has 1 saturated heterocycles. The molecule has 1 aliphatic rings. The first-order chi connectivity index (χ1) is 18.3. The van der Waals surface area contributed by atoms with Crippen LogP contribution in [0.4, 0.5) is 4.79 Å². The lowest BCUT2D eigenvalue weighted by molar-refractivity contribution is 0.0127. The van der Waals surface area contributed by atoms with Gasteiger partial charge in [-0.3, -0.25) is 4.40 Å². The molecule has 9 nitrogen and oxygen atoms in total. The number of benzene rings is 1. The van der Waals surface area contributed by atoms with E-state index >= 15 is 0 Å². The van der Waals surface area contributed by atoms with Gasteiger partial charge >= 0.3 is 6.09 Å².